The quantitative estimate of drug-likeness (QED) is 0.576. The number of alkyl carbamates (subject to hydrolysis) is 1. The number of piperidine rings is 1. The van der Waals surface area contributed by atoms with Crippen LogP contribution in [0.1, 0.15) is 56.6 Å². The lowest BCUT2D eigenvalue weighted by Crippen LogP contribution is -2.52. The molecule has 1 aliphatic carbocycles. The van der Waals surface area contributed by atoms with Crippen molar-refractivity contribution in [2.75, 3.05) is 19.7 Å². The molecule has 1 fully saturated rings. The van der Waals surface area contributed by atoms with Crippen molar-refractivity contribution >= 4 is 18.0 Å². The van der Waals surface area contributed by atoms with E-state index in [0.717, 1.165) is 28.7 Å². The number of ether oxygens (including phenoxy) is 1. The van der Waals surface area contributed by atoms with E-state index >= 15 is 0 Å². The molecule has 1 aliphatic heterocycles. The Morgan fingerprint density at radius 2 is 1.71 bits per heavy atom. The lowest BCUT2D eigenvalue weighted by Gasteiger charge is -2.34. The van der Waals surface area contributed by atoms with Gasteiger partial charge >= 0.3 is 12.1 Å². The summed E-state index contributed by atoms with van der Waals surface area (Å²) in [5.74, 6) is -1.52. The molecule has 7 nitrogen and oxygen atoms in total. The predicted molar refractivity (Wildman–Crippen MR) is 133 cm³/mol. The Kier molecular flexibility index (Phi) is 7.73. The standard InChI is InChI=1S/C28H34N2O5/c1-3-18(2)15-25(26(31)30-14-8-9-19(16-30)27(32)33)29-28(34)35-17-24-22-12-6-4-10-20(22)21-11-5-7-13-23(21)24/h4-7,10-13,18-19,24-25H,3,8-9,14-17H2,1-2H3,(H,29,34)(H,32,33)/t18?,19-,25?/m0/s1. The molecular weight excluding hydrogens is 444 g/mol. The maximum Gasteiger partial charge on any atom is 0.407 e. The van der Waals surface area contributed by atoms with Crippen molar-refractivity contribution in [3.05, 3.63) is 59.7 Å². The first-order valence-corrected chi connectivity index (χ1v) is 12.5. The second-order valence-corrected chi connectivity index (χ2v) is 9.73. The summed E-state index contributed by atoms with van der Waals surface area (Å²) in [5.41, 5.74) is 4.56. The third-order valence-electron chi connectivity index (χ3n) is 7.35. The Bertz CT molecular complexity index is 1040. The van der Waals surface area contributed by atoms with Crippen molar-refractivity contribution in [1.29, 1.82) is 0 Å². The molecule has 0 spiro atoms. The minimum Gasteiger partial charge on any atom is -0.481 e. The first-order chi connectivity index (χ1) is 16.9. The molecule has 4 rings (SSSR count). The second-order valence-electron chi connectivity index (χ2n) is 9.73. The Balaban J connectivity index is 1.43. The van der Waals surface area contributed by atoms with E-state index in [-0.39, 0.29) is 30.9 Å². The molecule has 2 aromatic carbocycles. The van der Waals surface area contributed by atoms with E-state index in [2.05, 4.69) is 29.6 Å². The lowest BCUT2D eigenvalue weighted by molar-refractivity contribution is -0.146. The smallest absolute Gasteiger partial charge is 0.407 e. The van der Waals surface area contributed by atoms with Gasteiger partial charge in [0.05, 0.1) is 5.92 Å². The van der Waals surface area contributed by atoms with Crippen molar-refractivity contribution in [2.45, 2.75) is 51.5 Å². The number of benzene rings is 2. The van der Waals surface area contributed by atoms with Crippen LogP contribution in [-0.2, 0) is 14.3 Å². The molecular formula is C28H34N2O5. The number of rotatable bonds is 8. The van der Waals surface area contributed by atoms with Crippen LogP contribution >= 0.6 is 0 Å². The molecule has 2 amide bonds. The molecule has 0 aromatic heterocycles. The largest absolute Gasteiger partial charge is 0.481 e. The van der Waals surface area contributed by atoms with Gasteiger partial charge in [-0.25, -0.2) is 4.79 Å². The molecule has 186 valence electrons. The van der Waals surface area contributed by atoms with Gasteiger partial charge < -0.3 is 20.1 Å². The fourth-order valence-corrected chi connectivity index (χ4v) is 5.17. The molecule has 0 bridgehead atoms. The van der Waals surface area contributed by atoms with Crippen LogP contribution in [0.5, 0.6) is 0 Å². The van der Waals surface area contributed by atoms with Gasteiger partial charge in [0.15, 0.2) is 0 Å². The summed E-state index contributed by atoms with van der Waals surface area (Å²) in [6.07, 6.45) is 1.93. The molecule has 0 radical (unpaired) electrons. The van der Waals surface area contributed by atoms with Crippen LogP contribution in [0.25, 0.3) is 11.1 Å². The zero-order valence-corrected chi connectivity index (χ0v) is 20.4. The number of amides is 2. The van der Waals surface area contributed by atoms with E-state index in [1.807, 2.05) is 38.1 Å². The third-order valence-corrected chi connectivity index (χ3v) is 7.35. The number of fused-ring (bicyclic) bond motifs is 3. The monoisotopic (exact) mass is 478 g/mol. The molecule has 1 saturated heterocycles. The van der Waals surface area contributed by atoms with Gasteiger partial charge in [-0.3, -0.25) is 9.59 Å². The maximum absolute atomic E-state index is 13.3. The Hall–Kier alpha value is -3.35. The number of likely N-dealkylation sites (tertiary alicyclic amines) is 1. The van der Waals surface area contributed by atoms with E-state index < -0.39 is 24.0 Å². The second kappa shape index (κ2) is 10.9. The molecule has 35 heavy (non-hydrogen) atoms. The topological polar surface area (TPSA) is 95.9 Å². The summed E-state index contributed by atoms with van der Waals surface area (Å²) in [6, 6.07) is 15.5. The number of nitrogens with zero attached hydrogens (tertiary/aromatic N) is 1. The minimum absolute atomic E-state index is 0.0599. The molecule has 2 unspecified atom stereocenters. The molecule has 1 heterocycles. The van der Waals surface area contributed by atoms with Crippen LogP contribution in [0.15, 0.2) is 48.5 Å². The van der Waals surface area contributed by atoms with Crippen molar-refractivity contribution in [3.8, 4) is 11.1 Å². The lowest BCUT2D eigenvalue weighted by atomic mass is 9.95. The van der Waals surface area contributed by atoms with Gasteiger partial charge in [0.2, 0.25) is 5.91 Å². The Morgan fingerprint density at radius 3 is 2.31 bits per heavy atom. The SMILES string of the molecule is CCC(C)CC(NC(=O)OCC1c2ccccc2-c2ccccc21)C(=O)N1CCC[C@H](C(=O)O)C1. The normalized spacial score (nSPS) is 18.8. The highest BCUT2D eigenvalue weighted by molar-refractivity contribution is 5.86. The molecule has 0 saturated carbocycles. The molecule has 2 aliphatic rings. The predicted octanol–water partition coefficient (Wildman–Crippen LogP) is 4.65. The minimum atomic E-state index is -0.884. The van der Waals surface area contributed by atoms with Crippen molar-refractivity contribution in [2.24, 2.45) is 11.8 Å². The highest BCUT2D eigenvalue weighted by atomic mass is 16.5. The van der Waals surface area contributed by atoms with Crippen LogP contribution in [0.2, 0.25) is 0 Å². The average molecular weight is 479 g/mol. The van der Waals surface area contributed by atoms with Crippen LogP contribution in [0, 0.1) is 11.8 Å². The summed E-state index contributed by atoms with van der Waals surface area (Å²) in [4.78, 5) is 39.2. The third kappa shape index (κ3) is 5.50. The van der Waals surface area contributed by atoms with Gasteiger partial charge in [0.1, 0.15) is 12.6 Å². The van der Waals surface area contributed by atoms with Crippen LogP contribution in [0.3, 0.4) is 0 Å². The Morgan fingerprint density at radius 1 is 1.09 bits per heavy atom. The van der Waals surface area contributed by atoms with Gasteiger partial charge in [0.25, 0.3) is 0 Å². The van der Waals surface area contributed by atoms with Crippen molar-refractivity contribution in [3.63, 3.8) is 0 Å². The van der Waals surface area contributed by atoms with Crippen LogP contribution in [0.4, 0.5) is 4.79 Å². The molecule has 2 aromatic rings. The van der Waals surface area contributed by atoms with Gasteiger partial charge in [-0.05, 0) is 47.4 Å². The van der Waals surface area contributed by atoms with Crippen LogP contribution < -0.4 is 5.32 Å². The van der Waals surface area contributed by atoms with Gasteiger partial charge in [-0.15, -0.1) is 0 Å². The maximum atomic E-state index is 13.3. The summed E-state index contributed by atoms with van der Waals surface area (Å²) in [7, 11) is 0. The number of nitrogens with one attached hydrogen (secondary N) is 1. The number of carboxylic acid groups (broad SMARTS) is 1. The molecule has 3 atom stereocenters. The van der Waals surface area contributed by atoms with Gasteiger partial charge in [-0.2, -0.15) is 0 Å². The summed E-state index contributed by atoms with van der Waals surface area (Å²) in [5, 5.41) is 12.2. The summed E-state index contributed by atoms with van der Waals surface area (Å²) in [6.45, 7) is 4.94. The highest BCUT2D eigenvalue weighted by Crippen LogP contribution is 2.44. The first kappa shape index (κ1) is 24.8. The Labute approximate surface area is 206 Å². The fraction of sp³-hybridized carbons (Fsp3) is 0.464. The molecule has 7 heteroatoms. The van der Waals surface area contributed by atoms with E-state index in [0.29, 0.717) is 25.8 Å². The zero-order chi connectivity index (χ0) is 24.9. The van der Waals surface area contributed by atoms with Gasteiger partial charge in [0, 0.05) is 19.0 Å². The van der Waals surface area contributed by atoms with Crippen molar-refractivity contribution < 1.29 is 24.2 Å². The fourth-order valence-electron chi connectivity index (χ4n) is 5.17. The molecule has 2 N–H and O–H groups in total. The highest BCUT2D eigenvalue weighted by Gasteiger charge is 2.34. The number of carboxylic acids is 1. The summed E-state index contributed by atoms with van der Waals surface area (Å²) >= 11 is 0. The number of aliphatic carboxylic acids is 1. The summed E-state index contributed by atoms with van der Waals surface area (Å²) < 4.78 is 5.67. The van der Waals surface area contributed by atoms with E-state index in [1.165, 1.54) is 0 Å². The first-order valence-electron chi connectivity index (χ1n) is 12.5. The number of hydrogen-bond acceptors (Lipinski definition) is 4. The zero-order valence-electron chi connectivity index (χ0n) is 20.4. The number of hydrogen-bond donors (Lipinski definition) is 2. The number of carbonyl (C=O) groups is 3. The van der Waals surface area contributed by atoms with E-state index in [4.69, 9.17) is 4.74 Å². The number of carbonyl (C=O) groups excluding carboxylic acids is 2. The van der Waals surface area contributed by atoms with Crippen molar-refractivity contribution in [1.82, 2.24) is 10.2 Å². The van der Waals surface area contributed by atoms with Gasteiger partial charge in [-0.1, -0.05) is 68.8 Å². The van der Waals surface area contributed by atoms with E-state index in [9.17, 15) is 19.5 Å². The van der Waals surface area contributed by atoms with Crippen LogP contribution in [-0.4, -0.2) is 53.7 Å². The van der Waals surface area contributed by atoms with E-state index in [1.54, 1.807) is 4.90 Å². The average Bonchev–Trinajstić information content (AvgIpc) is 3.20.